The molecule has 0 N–H and O–H groups in total. The summed E-state index contributed by atoms with van der Waals surface area (Å²) in [5.41, 5.74) is 0.334. The largest absolute Gasteiger partial charge is 0.296 e. The number of allylic oxidation sites excluding steroid dienone is 5. The fourth-order valence-electron chi connectivity index (χ4n) is 0.503. The van der Waals surface area contributed by atoms with Crippen LogP contribution in [-0.4, -0.2) is 6.29 Å². The Hall–Kier alpha value is -1.51. The van der Waals surface area contributed by atoms with Gasteiger partial charge in [-0.15, -0.1) is 5.11 Å². The monoisotopic (exact) mass is 134 g/mol. The van der Waals surface area contributed by atoms with Gasteiger partial charge in [-0.1, -0.05) is 12.2 Å². The van der Waals surface area contributed by atoms with Crippen molar-refractivity contribution in [2.45, 2.75) is 0 Å². The molecule has 10 heavy (non-hydrogen) atoms. The maximum absolute atomic E-state index is 10.1. The highest BCUT2D eigenvalue weighted by Crippen LogP contribution is 1.97. The predicted octanol–water partition coefficient (Wildman–Crippen LogP) is 1.60. The molecule has 1 rings (SSSR count). The molecule has 50 valence electrons. The number of nitrogens with zero attached hydrogens (tertiary/aromatic N) is 2. The molecular weight excluding hydrogens is 128 g/mol. The summed E-state index contributed by atoms with van der Waals surface area (Å²) in [7, 11) is 0. The third kappa shape index (κ3) is 1.78. The Morgan fingerprint density at radius 1 is 1.30 bits per heavy atom. The van der Waals surface area contributed by atoms with E-state index in [1.54, 1.807) is 24.3 Å². The van der Waals surface area contributed by atoms with Gasteiger partial charge in [-0.3, -0.25) is 4.79 Å². The van der Waals surface area contributed by atoms with E-state index in [-0.39, 0.29) is 0 Å². The van der Waals surface area contributed by atoms with Crippen molar-refractivity contribution in [1.82, 2.24) is 0 Å². The van der Waals surface area contributed by atoms with E-state index < -0.39 is 0 Å². The fraction of sp³-hybridized carbons (Fsp3) is 0. The highest BCUT2D eigenvalue weighted by molar-refractivity contribution is 5.72. The van der Waals surface area contributed by atoms with Crippen molar-refractivity contribution in [1.29, 1.82) is 0 Å². The Morgan fingerprint density at radius 2 is 2.20 bits per heavy atom. The quantitative estimate of drug-likeness (QED) is 0.502. The average Bonchev–Trinajstić information content (AvgIpc) is 1.87. The second kappa shape index (κ2) is 3.50. The van der Waals surface area contributed by atoms with Crippen molar-refractivity contribution in [2.24, 2.45) is 10.2 Å². The van der Waals surface area contributed by atoms with Crippen molar-refractivity contribution in [2.75, 3.05) is 0 Å². The minimum atomic E-state index is 0.334. The van der Waals surface area contributed by atoms with Gasteiger partial charge in [-0.25, -0.2) is 0 Å². The summed E-state index contributed by atoms with van der Waals surface area (Å²) < 4.78 is 0. The normalized spacial score (nSPS) is 15.8. The molecule has 0 amide bonds. The molecule has 1 heterocycles. The molecule has 0 fully saturated rings. The molecule has 0 saturated heterocycles. The Balaban J connectivity index is 2.82. The first-order valence-corrected chi connectivity index (χ1v) is 2.83. The highest BCUT2D eigenvalue weighted by atomic mass is 16.1. The van der Waals surface area contributed by atoms with Gasteiger partial charge in [-0.2, -0.15) is 5.11 Å². The molecule has 0 radical (unpaired) electrons. The van der Waals surface area contributed by atoms with Crippen LogP contribution in [0.4, 0.5) is 0 Å². The summed E-state index contributed by atoms with van der Waals surface area (Å²) in [6, 6.07) is 0. The molecule has 0 saturated carbocycles. The number of azo groups is 1. The number of carbonyl (C=O) groups is 1. The van der Waals surface area contributed by atoms with Gasteiger partial charge >= 0.3 is 0 Å². The summed E-state index contributed by atoms with van der Waals surface area (Å²) in [6.07, 6.45) is 9.03. The lowest BCUT2D eigenvalue weighted by Crippen LogP contribution is -1.76. The molecule has 3 nitrogen and oxygen atoms in total. The summed E-state index contributed by atoms with van der Waals surface area (Å²) in [4.78, 5) is 10.1. The van der Waals surface area contributed by atoms with Gasteiger partial charge in [0.05, 0.1) is 0 Å². The predicted molar refractivity (Wildman–Crippen MR) is 37.3 cm³/mol. The van der Waals surface area contributed by atoms with Crippen LogP contribution in [0.5, 0.6) is 0 Å². The second-order valence-corrected chi connectivity index (χ2v) is 1.65. The van der Waals surface area contributed by atoms with Gasteiger partial charge in [0, 0.05) is 6.20 Å². The van der Waals surface area contributed by atoms with Crippen LogP contribution >= 0.6 is 0 Å². The van der Waals surface area contributed by atoms with Crippen molar-refractivity contribution < 1.29 is 4.79 Å². The van der Waals surface area contributed by atoms with Gasteiger partial charge in [0.15, 0.2) is 6.29 Å². The first kappa shape index (κ1) is 6.61. The van der Waals surface area contributed by atoms with Gasteiger partial charge in [0.1, 0.15) is 5.70 Å². The molecule has 0 spiro atoms. The van der Waals surface area contributed by atoms with Crippen molar-refractivity contribution in [3.8, 4) is 0 Å². The number of carbonyl (C=O) groups excluding carboxylic acids is 1. The maximum Gasteiger partial charge on any atom is 0.170 e. The SMILES string of the molecule is O=CC1=CC=CC=CN=N1. The van der Waals surface area contributed by atoms with Crippen LogP contribution in [0.2, 0.25) is 0 Å². The van der Waals surface area contributed by atoms with E-state index in [4.69, 9.17) is 0 Å². The molecule has 1 aliphatic heterocycles. The van der Waals surface area contributed by atoms with Crippen LogP contribution in [0.25, 0.3) is 0 Å². The van der Waals surface area contributed by atoms with E-state index in [0.717, 1.165) is 0 Å². The van der Waals surface area contributed by atoms with Crippen LogP contribution in [-0.2, 0) is 4.79 Å². The Morgan fingerprint density at radius 3 is 3.00 bits per heavy atom. The standard InChI is InChI=1S/C7H6N2O/c10-6-7-4-2-1-3-5-8-9-7/h1-6H. The topological polar surface area (TPSA) is 41.8 Å². The minimum absolute atomic E-state index is 0.334. The zero-order valence-corrected chi connectivity index (χ0v) is 5.27. The van der Waals surface area contributed by atoms with E-state index in [2.05, 4.69) is 10.2 Å². The van der Waals surface area contributed by atoms with Gasteiger partial charge < -0.3 is 0 Å². The number of hydrogen-bond acceptors (Lipinski definition) is 3. The van der Waals surface area contributed by atoms with Gasteiger partial charge in [0.2, 0.25) is 0 Å². The summed E-state index contributed by atoms with van der Waals surface area (Å²) in [5.74, 6) is 0. The first-order chi connectivity index (χ1) is 4.93. The van der Waals surface area contributed by atoms with Gasteiger partial charge in [0.25, 0.3) is 0 Å². The van der Waals surface area contributed by atoms with Crippen molar-refractivity contribution >= 4 is 6.29 Å². The van der Waals surface area contributed by atoms with Crippen LogP contribution in [0.15, 0.2) is 46.4 Å². The van der Waals surface area contributed by atoms with E-state index in [0.29, 0.717) is 12.0 Å². The Bertz CT molecular complexity index is 236. The first-order valence-electron chi connectivity index (χ1n) is 2.83. The van der Waals surface area contributed by atoms with E-state index >= 15 is 0 Å². The Kier molecular flexibility index (Phi) is 2.31. The van der Waals surface area contributed by atoms with Crippen LogP contribution in [0.1, 0.15) is 0 Å². The van der Waals surface area contributed by atoms with E-state index in [1.807, 2.05) is 0 Å². The molecular formula is C7H6N2O. The molecule has 0 aromatic rings. The van der Waals surface area contributed by atoms with E-state index in [1.165, 1.54) is 6.20 Å². The van der Waals surface area contributed by atoms with Crippen molar-refractivity contribution in [3.63, 3.8) is 0 Å². The number of aldehydes is 1. The van der Waals surface area contributed by atoms with Crippen LogP contribution in [0.3, 0.4) is 0 Å². The average molecular weight is 134 g/mol. The van der Waals surface area contributed by atoms with Crippen molar-refractivity contribution in [3.05, 3.63) is 36.2 Å². The molecule has 0 unspecified atom stereocenters. The lowest BCUT2D eigenvalue weighted by atomic mass is 10.4. The number of rotatable bonds is 1. The summed E-state index contributed by atoms with van der Waals surface area (Å²) in [5, 5.41) is 7.16. The highest BCUT2D eigenvalue weighted by Gasteiger charge is 1.87. The van der Waals surface area contributed by atoms with Crippen LogP contribution in [0, 0.1) is 0 Å². The second-order valence-electron chi connectivity index (χ2n) is 1.65. The lowest BCUT2D eigenvalue weighted by molar-refractivity contribution is -0.105. The number of hydrogen-bond donors (Lipinski definition) is 0. The zero-order chi connectivity index (χ0) is 7.23. The van der Waals surface area contributed by atoms with Gasteiger partial charge in [-0.05, 0) is 12.2 Å². The fourth-order valence-corrected chi connectivity index (χ4v) is 0.503. The molecule has 0 aromatic carbocycles. The van der Waals surface area contributed by atoms with Crippen LogP contribution < -0.4 is 0 Å². The smallest absolute Gasteiger partial charge is 0.170 e. The lowest BCUT2D eigenvalue weighted by Gasteiger charge is -1.85. The third-order valence-corrected chi connectivity index (χ3v) is 0.936. The maximum atomic E-state index is 10.1. The molecule has 0 aliphatic carbocycles. The summed E-state index contributed by atoms with van der Waals surface area (Å²) >= 11 is 0. The zero-order valence-electron chi connectivity index (χ0n) is 5.27. The molecule has 0 bridgehead atoms. The minimum Gasteiger partial charge on any atom is -0.296 e. The molecule has 0 atom stereocenters. The molecule has 3 heteroatoms. The molecule has 1 aliphatic rings. The summed E-state index contributed by atoms with van der Waals surface area (Å²) in [6.45, 7) is 0. The third-order valence-electron chi connectivity index (χ3n) is 0.936. The molecule has 0 aromatic heterocycles. The Labute approximate surface area is 58.5 Å². The van der Waals surface area contributed by atoms with E-state index in [9.17, 15) is 4.79 Å².